The number of phenols is 1. The predicted molar refractivity (Wildman–Crippen MR) is 126 cm³/mol. The summed E-state index contributed by atoms with van der Waals surface area (Å²) in [6.07, 6.45) is 4.16. The van der Waals surface area contributed by atoms with E-state index in [9.17, 15) is 5.11 Å². The predicted octanol–water partition coefficient (Wildman–Crippen LogP) is 7.12. The monoisotopic (exact) mass is 503 g/mol. The van der Waals surface area contributed by atoms with Crippen molar-refractivity contribution in [3.8, 4) is 5.75 Å². The standard InChI is InChI=1S/C25H28N5O.Y/c1-5-30(4)18-10-11-19-17(15-18)14-16(2)24(25(19)31)29-28-23-13-12-22(27-26-3)20-8-6-7-9-21(20)23;/h10-12,14-15,31H,5-9H2,1-4H3;/q-1;. The van der Waals surface area contributed by atoms with Crippen LogP contribution in [0.3, 0.4) is 0 Å². The molecule has 32 heavy (non-hydrogen) atoms. The number of fused-ring (bicyclic) bond motifs is 2. The Morgan fingerprint density at radius 1 is 1.06 bits per heavy atom. The largest absolute Gasteiger partial charge is 0.505 e. The maximum Gasteiger partial charge on any atom is 0.151 e. The summed E-state index contributed by atoms with van der Waals surface area (Å²) in [5.41, 5.74) is 6.43. The van der Waals surface area contributed by atoms with Crippen molar-refractivity contribution in [2.75, 3.05) is 25.5 Å². The molecule has 0 atom stereocenters. The number of hydrogen-bond donors (Lipinski definition) is 1. The van der Waals surface area contributed by atoms with E-state index in [1.165, 1.54) is 5.56 Å². The molecule has 0 amide bonds. The summed E-state index contributed by atoms with van der Waals surface area (Å²) in [4.78, 5) is 2.17. The first-order valence-electron chi connectivity index (χ1n) is 10.8. The molecule has 6 nitrogen and oxygen atoms in total. The van der Waals surface area contributed by atoms with E-state index >= 15 is 0 Å². The van der Waals surface area contributed by atoms with Crippen LogP contribution in [-0.4, -0.2) is 25.7 Å². The van der Waals surface area contributed by atoms with Crippen molar-refractivity contribution in [3.05, 3.63) is 53.1 Å². The molecule has 0 fully saturated rings. The van der Waals surface area contributed by atoms with E-state index in [0.29, 0.717) is 5.69 Å². The van der Waals surface area contributed by atoms with Gasteiger partial charge in [0.2, 0.25) is 0 Å². The molecular weight excluding hydrogens is 475 g/mol. The maximum absolute atomic E-state index is 10.9. The first kappa shape index (κ1) is 24.5. The Morgan fingerprint density at radius 3 is 2.53 bits per heavy atom. The Balaban J connectivity index is 0.00000289. The molecular formula is C25H28N5OY-. The molecule has 0 spiro atoms. The summed E-state index contributed by atoms with van der Waals surface area (Å²) in [5, 5.41) is 29.9. The third-order valence-electron chi connectivity index (χ3n) is 6.04. The minimum absolute atomic E-state index is 0. The van der Waals surface area contributed by atoms with Gasteiger partial charge in [0.1, 0.15) is 5.69 Å². The van der Waals surface area contributed by atoms with Gasteiger partial charge in [0, 0.05) is 64.4 Å². The summed E-state index contributed by atoms with van der Waals surface area (Å²) in [5.74, 6) is 0.162. The van der Waals surface area contributed by atoms with E-state index in [1.807, 2.05) is 25.1 Å². The van der Waals surface area contributed by atoms with Gasteiger partial charge >= 0.3 is 0 Å². The zero-order valence-corrected chi connectivity index (χ0v) is 22.0. The fraction of sp³-hybridized carbons (Fsp3) is 0.360. The van der Waals surface area contributed by atoms with E-state index in [0.717, 1.165) is 71.2 Å². The molecule has 3 aromatic rings. The number of rotatable bonds is 5. The summed E-state index contributed by atoms with van der Waals surface area (Å²) < 4.78 is 0. The van der Waals surface area contributed by atoms with Gasteiger partial charge in [-0.05, 0) is 66.9 Å². The third kappa shape index (κ3) is 4.76. The van der Waals surface area contributed by atoms with Crippen LogP contribution in [0.1, 0.15) is 36.5 Å². The van der Waals surface area contributed by atoms with Gasteiger partial charge in [-0.15, -0.1) is 22.3 Å². The minimum atomic E-state index is 0. The van der Waals surface area contributed by atoms with Crippen molar-refractivity contribution in [3.63, 3.8) is 0 Å². The van der Waals surface area contributed by atoms with Crippen LogP contribution in [0.25, 0.3) is 10.8 Å². The second kappa shape index (κ2) is 10.6. The Labute approximate surface area is 214 Å². The first-order valence-corrected chi connectivity index (χ1v) is 10.8. The molecule has 0 aliphatic heterocycles. The fourth-order valence-corrected chi connectivity index (χ4v) is 4.19. The van der Waals surface area contributed by atoms with Crippen LogP contribution in [0.5, 0.6) is 5.75 Å². The van der Waals surface area contributed by atoms with Crippen LogP contribution in [0, 0.1) is 13.0 Å². The third-order valence-corrected chi connectivity index (χ3v) is 6.04. The van der Waals surface area contributed by atoms with Crippen LogP contribution in [0.2, 0.25) is 0 Å². The van der Waals surface area contributed by atoms with Gasteiger partial charge < -0.3 is 10.0 Å². The number of nitrogens with zero attached hydrogens (tertiary/aromatic N) is 5. The van der Waals surface area contributed by atoms with E-state index in [1.54, 1.807) is 7.05 Å². The number of anilines is 1. The van der Waals surface area contributed by atoms with Gasteiger partial charge in [-0.25, -0.2) is 10.2 Å². The van der Waals surface area contributed by atoms with Crippen molar-refractivity contribution < 1.29 is 37.8 Å². The average Bonchev–Trinajstić information content (AvgIpc) is 2.79. The molecule has 0 aromatic heterocycles. The number of hydrogen-bond acceptors (Lipinski definition) is 6. The van der Waals surface area contributed by atoms with E-state index in [4.69, 9.17) is 0 Å². The van der Waals surface area contributed by atoms with Gasteiger partial charge in [0.25, 0.3) is 0 Å². The summed E-state index contributed by atoms with van der Waals surface area (Å²) in [6.45, 7) is 4.99. The minimum Gasteiger partial charge on any atom is -0.505 e. The normalized spacial score (nSPS) is 13.5. The van der Waals surface area contributed by atoms with Gasteiger partial charge in [0.15, 0.2) is 5.75 Å². The maximum atomic E-state index is 10.9. The Kier molecular flexibility index (Phi) is 8.12. The van der Waals surface area contributed by atoms with E-state index in [-0.39, 0.29) is 38.5 Å². The summed E-state index contributed by atoms with van der Waals surface area (Å²) in [6, 6.07) is 13.2. The van der Waals surface area contributed by atoms with E-state index < -0.39 is 0 Å². The SMILES string of the molecule is CCN(C)c1ccc2c(O)c(N=Nc3[c-]cc(N=NC)c4c3CCCC4)c(C)cc2c1.[Y]. The Bertz CT molecular complexity index is 1190. The molecule has 1 radical (unpaired) electrons. The number of aromatic hydroxyl groups is 1. The number of phenolic OH excluding ortho intramolecular Hbond substituents is 1. The average molecular weight is 503 g/mol. The summed E-state index contributed by atoms with van der Waals surface area (Å²) >= 11 is 0. The Hall–Kier alpha value is -2.18. The molecule has 4 rings (SSSR count). The quantitative estimate of drug-likeness (QED) is 0.298. The van der Waals surface area contributed by atoms with Crippen LogP contribution in [0.15, 0.2) is 50.8 Å². The van der Waals surface area contributed by atoms with E-state index in [2.05, 4.69) is 57.5 Å². The molecule has 1 N–H and O–H groups in total. The molecule has 3 aromatic carbocycles. The molecule has 0 saturated carbocycles. The molecule has 163 valence electrons. The molecule has 0 heterocycles. The van der Waals surface area contributed by atoms with Crippen LogP contribution < -0.4 is 4.90 Å². The van der Waals surface area contributed by atoms with Crippen molar-refractivity contribution in [1.29, 1.82) is 0 Å². The van der Waals surface area contributed by atoms with Crippen LogP contribution in [-0.2, 0) is 45.6 Å². The van der Waals surface area contributed by atoms with Crippen LogP contribution >= 0.6 is 0 Å². The fourth-order valence-electron chi connectivity index (χ4n) is 4.19. The van der Waals surface area contributed by atoms with Crippen molar-refractivity contribution >= 4 is 33.5 Å². The van der Waals surface area contributed by atoms with Gasteiger partial charge in [0.05, 0.1) is 0 Å². The van der Waals surface area contributed by atoms with Crippen molar-refractivity contribution in [2.24, 2.45) is 20.5 Å². The molecule has 7 heteroatoms. The topological polar surface area (TPSA) is 72.9 Å². The molecule has 0 unspecified atom stereocenters. The first-order chi connectivity index (χ1) is 15.0. The van der Waals surface area contributed by atoms with Gasteiger partial charge in [-0.1, -0.05) is 19.3 Å². The zero-order valence-electron chi connectivity index (χ0n) is 19.2. The molecule has 0 bridgehead atoms. The van der Waals surface area contributed by atoms with Crippen LogP contribution in [0.4, 0.5) is 22.7 Å². The van der Waals surface area contributed by atoms with Gasteiger partial charge in [-0.2, -0.15) is 11.2 Å². The zero-order chi connectivity index (χ0) is 22.0. The molecule has 1 aliphatic rings. The van der Waals surface area contributed by atoms with Crippen molar-refractivity contribution in [1.82, 2.24) is 0 Å². The molecule has 0 saturated heterocycles. The Morgan fingerprint density at radius 2 is 1.81 bits per heavy atom. The second-order valence-corrected chi connectivity index (χ2v) is 8.00. The second-order valence-electron chi connectivity index (χ2n) is 8.00. The van der Waals surface area contributed by atoms with Gasteiger partial charge in [-0.3, -0.25) is 0 Å². The smallest absolute Gasteiger partial charge is 0.151 e. The van der Waals surface area contributed by atoms with Crippen molar-refractivity contribution in [2.45, 2.75) is 39.5 Å². The summed E-state index contributed by atoms with van der Waals surface area (Å²) in [7, 11) is 3.73. The number of azo groups is 2. The molecule has 1 aliphatic carbocycles. The number of benzene rings is 3. The number of aryl methyl sites for hydroxylation is 1.